The summed E-state index contributed by atoms with van der Waals surface area (Å²) in [5, 5.41) is 9.56. The van der Waals surface area contributed by atoms with Crippen LogP contribution in [0.4, 0.5) is 8.78 Å². The van der Waals surface area contributed by atoms with Gasteiger partial charge in [0.2, 0.25) is 0 Å². The summed E-state index contributed by atoms with van der Waals surface area (Å²) in [7, 11) is 0. The maximum absolute atomic E-state index is 13.0. The summed E-state index contributed by atoms with van der Waals surface area (Å²) < 4.78 is 31.4. The third-order valence-corrected chi connectivity index (χ3v) is 2.49. The first kappa shape index (κ1) is 11.8. The summed E-state index contributed by atoms with van der Waals surface area (Å²) in [5.74, 6) is -0.582. The van der Waals surface area contributed by atoms with Crippen molar-refractivity contribution >= 4 is 0 Å². The van der Waals surface area contributed by atoms with Crippen LogP contribution < -0.4 is 0 Å². The van der Waals surface area contributed by atoms with Crippen molar-refractivity contribution in [3.63, 3.8) is 0 Å². The normalized spacial score (nSPS) is 12.7. The second-order valence-corrected chi connectivity index (χ2v) is 3.78. The Morgan fingerprint density at radius 2 is 1.82 bits per heavy atom. The second-order valence-electron chi connectivity index (χ2n) is 3.78. The molecule has 0 radical (unpaired) electrons. The van der Waals surface area contributed by atoms with Crippen LogP contribution in [0.5, 0.6) is 0 Å². The molecule has 0 spiro atoms. The highest BCUT2D eigenvalue weighted by atomic mass is 19.1. The fourth-order valence-electron chi connectivity index (χ4n) is 1.58. The molecule has 2 nitrogen and oxygen atoms in total. The van der Waals surface area contributed by atoms with E-state index in [1.807, 2.05) is 6.92 Å². The maximum atomic E-state index is 13.0. The number of rotatable bonds is 3. The van der Waals surface area contributed by atoms with Crippen LogP contribution >= 0.6 is 0 Å². The minimum Gasteiger partial charge on any atom is -0.458 e. The largest absolute Gasteiger partial charge is 0.458 e. The summed E-state index contributed by atoms with van der Waals surface area (Å²) >= 11 is 0. The predicted octanol–water partition coefficient (Wildman–Crippen LogP) is 3.67. The molecule has 1 heterocycles. The minimum atomic E-state index is -0.692. The fourth-order valence-corrected chi connectivity index (χ4v) is 1.58. The first-order chi connectivity index (χ1) is 8.10. The average molecular weight is 238 g/mol. The van der Waals surface area contributed by atoms with E-state index in [1.165, 1.54) is 12.1 Å². The van der Waals surface area contributed by atoms with E-state index >= 15 is 0 Å². The Hall–Kier alpha value is -1.68. The molecular formula is C13H12F2O2. The number of hydrogen-bond donors (Lipinski definition) is 1. The Balaban J connectivity index is 2.36. The second kappa shape index (κ2) is 4.67. The highest BCUT2D eigenvalue weighted by molar-refractivity contribution is 5.57. The summed E-state index contributed by atoms with van der Waals surface area (Å²) in [6.45, 7) is 1.81. The van der Waals surface area contributed by atoms with Crippen molar-refractivity contribution in [3.8, 4) is 11.3 Å². The molecule has 2 rings (SSSR count). The topological polar surface area (TPSA) is 33.4 Å². The molecule has 0 aliphatic carbocycles. The zero-order valence-corrected chi connectivity index (χ0v) is 9.28. The van der Waals surface area contributed by atoms with E-state index in [9.17, 15) is 13.9 Å². The van der Waals surface area contributed by atoms with Gasteiger partial charge in [0.25, 0.3) is 0 Å². The Bertz CT molecular complexity index is 500. The Morgan fingerprint density at radius 1 is 1.18 bits per heavy atom. The predicted molar refractivity (Wildman–Crippen MR) is 59.3 cm³/mol. The quantitative estimate of drug-likeness (QED) is 0.885. The van der Waals surface area contributed by atoms with E-state index in [-0.39, 0.29) is 0 Å². The minimum absolute atomic E-state index is 0.317. The summed E-state index contributed by atoms with van der Waals surface area (Å²) in [6.07, 6.45) is -0.174. The third kappa shape index (κ3) is 2.53. The lowest BCUT2D eigenvalue weighted by Crippen LogP contribution is -1.91. The first-order valence-corrected chi connectivity index (χ1v) is 5.34. The Kier molecular flexibility index (Phi) is 3.24. The smallest absolute Gasteiger partial charge is 0.134 e. The van der Waals surface area contributed by atoms with Gasteiger partial charge in [-0.3, -0.25) is 0 Å². The van der Waals surface area contributed by atoms with Crippen molar-refractivity contribution in [1.29, 1.82) is 0 Å². The first-order valence-electron chi connectivity index (χ1n) is 5.34. The number of benzene rings is 1. The molecule has 0 saturated heterocycles. The van der Waals surface area contributed by atoms with Crippen LogP contribution in [0.3, 0.4) is 0 Å². The van der Waals surface area contributed by atoms with E-state index in [0.29, 0.717) is 23.5 Å². The van der Waals surface area contributed by atoms with Crippen LogP contribution in [0, 0.1) is 11.6 Å². The molecule has 17 heavy (non-hydrogen) atoms. The lowest BCUT2D eigenvalue weighted by molar-refractivity contribution is 0.147. The molecule has 1 aromatic carbocycles. The molecular weight excluding hydrogens is 226 g/mol. The van der Waals surface area contributed by atoms with Gasteiger partial charge in [0.15, 0.2) is 0 Å². The van der Waals surface area contributed by atoms with Crippen molar-refractivity contribution in [2.75, 3.05) is 0 Å². The van der Waals surface area contributed by atoms with Gasteiger partial charge in [0, 0.05) is 11.6 Å². The van der Waals surface area contributed by atoms with Gasteiger partial charge in [-0.25, -0.2) is 8.78 Å². The van der Waals surface area contributed by atoms with Crippen molar-refractivity contribution in [2.45, 2.75) is 19.4 Å². The van der Waals surface area contributed by atoms with E-state index < -0.39 is 17.7 Å². The lowest BCUT2D eigenvalue weighted by Gasteiger charge is -2.03. The van der Waals surface area contributed by atoms with Gasteiger partial charge in [-0.15, -0.1) is 0 Å². The monoisotopic (exact) mass is 238 g/mol. The fraction of sp³-hybridized carbons (Fsp3) is 0.231. The van der Waals surface area contributed by atoms with Gasteiger partial charge >= 0.3 is 0 Å². The van der Waals surface area contributed by atoms with Crippen LogP contribution in [-0.2, 0) is 0 Å². The van der Waals surface area contributed by atoms with Crippen LogP contribution in [0.15, 0.2) is 34.7 Å². The van der Waals surface area contributed by atoms with Crippen molar-refractivity contribution < 1.29 is 18.3 Å². The van der Waals surface area contributed by atoms with Crippen molar-refractivity contribution in [1.82, 2.24) is 0 Å². The molecule has 1 unspecified atom stereocenters. The molecule has 0 saturated carbocycles. The number of aliphatic hydroxyl groups is 1. The number of aliphatic hydroxyl groups excluding tert-OH is 1. The number of furan rings is 1. The van der Waals surface area contributed by atoms with Gasteiger partial charge < -0.3 is 9.52 Å². The molecule has 0 amide bonds. The summed E-state index contributed by atoms with van der Waals surface area (Å²) in [6, 6.07) is 6.36. The molecule has 0 bridgehead atoms. The number of hydrogen-bond acceptors (Lipinski definition) is 2. The third-order valence-electron chi connectivity index (χ3n) is 2.49. The molecule has 0 aliphatic heterocycles. The molecule has 0 aliphatic rings. The highest BCUT2D eigenvalue weighted by Crippen LogP contribution is 2.27. The standard InChI is InChI=1S/C13H12F2O2/c1-2-11(16)13-4-3-12(17-13)8-5-9(14)7-10(15)6-8/h3-7,11,16H,2H2,1H3. The molecule has 90 valence electrons. The molecule has 1 atom stereocenters. The SMILES string of the molecule is CCC(O)c1ccc(-c2cc(F)cc(F)c2)o1. The van der Waals surface area contributed by atoms with Gasteiger partial charge in [-0.05, 0) is 30.7 Å². The Morgan fingerprint density at radius 3 is 2.41 bits per heavy atom. The molecule has 1 N–H and O–H groups in total. The molecule has 1 aromatic heterocycles. The molecule has 2 aromatic rings. The number of halogens is 2. The van der Waals surface area contributed by atoms with E-state index in [0.717, 1.165) is 6.07 Å². The van der Waals surface area contributed by atoms with Gasteiger partial charge in [0.1, 0.15) is 29.3 Å². The van der Waals surface area contributed by atoms with Crippen LogP contribution in [0.1, 0.15) is 25.2 Å². The van der Waals surface area contributed by atoms with Crippen LogP contribution in [0.2, 0.25) is 0 Å². The zero-order valence-electron chi connectivity index (χ0n) is 9.28. The molecule has 4 heteroatoms. The van der Waals surface area contributed by atoms with Crippen LogP contribution in [-0.4, -0.2) is 5.11 Å². The van der Waals surface area contributed by atoms with Gasteiger partial charge in [0.05, 0.1) is 0 Å². The van der Waals surface area contributed by atoms with E-state index in [2.05, 4.69) is 0 Å². The van der Waals surface area contributed by atoms with Crippen LogP contribution in [0.25, 0.3) is 11.3 Å². The van der Waals surface area contributed by atoms with Crippen molar-refractivity contribution in [3.05, 3.63) is 47.7 Å². The average Bonchev–Trinajstić information content (AvgIpc) is 2.76. The van der Waals surface area contributed by atoms with Crippen molar-refractivity contribution in [2.24, 2.45) is 0 Å². The summed E-state index contributed by atoms with van der Waals surface area (Å²) in [4.78, 5) is 0. The van der Waals surface area contributed by atoms with E-state index in [1.54, 1.807) is 12.1 Å². The lowest BCUT2D eigenvalue weighted by atomic mass is 10.1. The summed E-state index contributed by atoms with van der Waals surface area (Å²) in [5.41, 5.74) is 0.317. The zero-order chi connectivity index (χ0) is 12.4. The van der Waals surface area contributed by atoms with Gasteiger partial charge in [-0.2, -0.15) is 0 Å². The molecule has 0 fully saturated rings. The highest BCUT2D eigenvalue weighted by Gasteiger charge is 2.12. The maximum Gasteiger partial charge on any atom is 0.134 e. The van der Waals surface area contributed by atoms with E-state index in [4.69, 9.17) is 4.42 Å². The van der Waals surface area contributed by atoms with Gasteiger partial charge in [-0.1, -0.05) is 6.92 Å². The Labute approximate surface area is 97.5 Å².